The Hall–Kier alpha value is -0.690. The summed E-state index contributed by atoms with van der Waals surface area (Å²) in [6, 6.07) is 7.38. The number of phosphoric ester groups is 1. The van der Waals surface area contributed by atoms with E-state index in [1.165, 1.54) is 0 Å². The Kier molecular flexibility index (Phi) is 2.43. The molecule has 3 fully saturated rings. The Morgan fingerprint density at radius 2 is 1.75 bits per heavy atom. The Bertz CT molecular complexity index is 704. The van der Waals surface area contributed by atoms with Crippen LogP contribution in [-0.2, 0) is 18.1 Å². The second-order valence-corrected chi connectivity index (χ2v) is 10.2. The van der Waals surface area contributed by atoms with Crippen molar-refractivity contribution in [2.45, 2.75) is 5.97 Å². The molecule has 0 unspecified atom stereocenters. The van der Waals surface area contributed by atoms with Crippen molar-refractivity contribution in [3.63, 3.8) is 0 Å². The molecule has 1 aromatic carbocycles. The molecule has 3 saturated heterocycles. The summed E-state index contributed by atoms with van der Waals surface area (Å²) in [7, 11) is -4.77. The minimum Gasteiger partial charge on any atom is -0.227 e. The highest BCUT2D eigenvalue weighted by molar-refractivity contribution is 8.55. The van der Waals surface area contributed by atoms with Crippen LogP contribution in [0.4, 0.5) is 0 Å². The fraction of sp³-hybridized carbons (Fsp3) is 0.273. The fourth-order valence-corrected chi connectivity index (χ4v) is 5.93. The first-order valence-corrected chi connectivity index (χ1v) is 10.0. The number of hydrogen-bond acceptors (Lipinski definition) is 6. The van der Waals surface area contributed by atoms with E-state index in [0.29, 0.717) is 10.1 Å². The van der Waals surface area contributed by atoms with Crippen molar-refractivity contribution in [3.05, 3.63) is 34.9 Å². The van der Waals surface area contributed by atoms with Crippen LogP contribution in [0.2, 0.25) is 5.02 Å². The third-order valence-electron chi connectivity index (χ3n) is 3.25. The standard InChI is InChI=1S/C11H10ClN2O4PS/c1-20(2)9(7-3-5-8(12)6-4-7)13-14-10(20)11-16-19(15,17-11)18-11/h3-6H,1-2H3. The lowest BCUT2D eigenvalue weighted by Crippen LogP contribution is -2.63. The lowest BCUT2D eigenvalue weighted by atomic mass is 10.2. The number of hydrogen-bond donors (Lipinski definition) is 0. The molecule has 0 amide bonds. The lowest BCUT2D eigenvalue weighted by molar-refractivity contribution is -0.381. The zero-order chi connectivity index (χ0) is 14.2. The van der Waals surface area contributed by atoms with E-state index in [-0.39, 0.29) is 0 Å². The van der Waals surface area contributed by atoms with Crippen LogP contribution in [0, 0.1) is 0 Å². The zero-order valence-corrected chi connectivity index (χ0v) is 13.0. The topological polar surface area (TPSA) is 69.5 Å². The average molecular weight is 333 g/mol. The van der Waals surface area contributed by atoms with Gasteiger partial charge < -0.3 is 0 Å². The second-order valence-electron chi connectivity index (χ2n) is 4.92. The van der Waals surface area contributed by atoms with E-state index in [1.54, 1.807) is 12.1 Å². The van der Waals surface area contributed by atoms with Gasteiger partial charge in [0.25, 0.3) is 0 Å². The normalized spacial score (nSPS) is 38.4. The van der Waals surface area contributed by atoms with Crippen LogP contribution >= 0.6 is 29.5 Å². The molecule has 106 valence electrons. The molecule has 0 spiro atoms. The molecule has 9 heteroatoms. The van der Waals surface area contributed by atoms with E-state index in [0.717, 1.165) is 10.6 Å². The van der Waals surface area contributed by atoms with Gasteiger partial charge in [-0.15, -0.1) is 10.2 Å². The van der Waals surface area contributed by atoms with Crippen molar-refractivity contribution in [3.8, 4) is 0 Å². The summed E-state index contributed by atoms with van der Waals surface area (Å²) in [5.41, 5.74) is 0.936. The molecule has 0 atom stereocenters. The van der Waals surface area contributed by atoms with Crippen LogP contribution < -0.4 is 0 Å². The molecule has 0 N–H and O–H groups in total. The molecule has 5 rings (SSSR count). The summed E-state index contributed by atoms with van der Waals surface area (Å²) in [5, 5.41) is 10.4. The second kappa shape index (κ2) is 3.74. The highest BCUT2D eigenvalue weighted by Crippen LogP contribution is 2.82. The van der Waals surface area contributed by atoms with Crippen molar-refractivity contribution in [1.82, 2.24) is 0 Å². The summed E-state index contributed by atoms with van der Waals surface area (Å²) >= 11 is 5.89. The van der Waals surface area contributed by atoms with Gasteiger partial charge in [0.15, 0.2) is 5.04 Å². The van der Waals surface area contributed by atoms with Crippen molar-refractivity contribution < 1.29 is 18.1 Å². The molecule has 4 aliphatic rings. The summed E-state index contributed by atoms with van der Waals surface area (Å²) in [6.07, 6.45) is 4.03. The predicted molar refractivity (Wildman–Crippen MR) is 78.5 cm³/mol. The monoisotopic (exact) mass is 332 g/mol. The highest BCUT2D eigenvalue weighted by atomic mass is 35.5. The van der Waals surface area contributed by atoms with Crippen LogP contribution in [-0.4, -0.2) is 28.6 Å². The number of phosphoric acid groups is 1. The van der Waals surface area contributed by atoms with E-state index in [2.05, 4.69) is 10.2 Å². The molecule has 0 aliphatic carbocycles. The van der Waals surface area contributed by atoms with E-state index in [1.807, 2.05) is 24.6 Å². The molecular weight excluding hydrogens is 323 g/mol. The molecule has 20 heavy (non-hydrogen) atoms. The molecule has 1 aromatic rings. The maximum Gasteiger partial charge on any atom is 0.489 e. The molecule has 2 bridgehead atoms. The van der Waals surface area contributed by atoms with Gasteiger partial charge in [0, 0.05) is 10.6 Å². The van der Waals surface area contributed by atoms with Gasteiger partial charge in [0.05, 0.1) is 0 Å². The van der Waals surface area contributed by atoms with E-state index < -0.39 is 23.8 Å². The van der Waals surface area contributed by atoms with Gasteiger partial charge in [-0.1, -0.05) is 23.7 Å². The van der Waals surface area contributed by atoms with Gasteiger partial charge in [-0.05, 0) is 24.6 Å². The van der Waals surface area contributed by atoms with E-state index >= 15 is 0 Å². The third-order valence-corrected chi connectivity index (χ3v) is 7.47. The molecule has 0 saturated carbocycles. The maximum absolute atomic E-state index is 11.3. The SMILES string of the molecule is CS1(C)C(c2ccc(Cl)cc2)=NN=C1C12OP(=O)(O1)O2. The van der Waals surface area contributed by atoms with Crippen LogP contribution in [0.25, 0.3) is 0 Å². The third kappa shape index (κ3) is 1.56. The van der Waals surface area contributed by atoms with Crippen molar-refractivity contribution in [2.75, 3.05) is 12.5 Å². The minimum atomic E-state index is -3.23. The summed E-state index contributed by atoms with van der Waals surface area (Å²) in [5.74, 6) is -1.37. The first-order valence-electron chi connectivity index (χ1n) is 5.72. The van der Waals surface area contributed by atoms with Crippen LogP contribution in [0.5, 0.6) is 0 Å². The van der Waals surface area contributed by atoms with Crippen molar-refractivity contribution in [2.24, 2.45) is 10.2 Å². The van der Waals surface area contributed by atoms with Crippen molar-refractivity contribution >= 4 is 39.5 Å². The van der Waals surface area contributed by atoms with Crippen LogP contribution in [0.3, 0.4) is 0 Å². The number of halogens is 1. The van der Waals surface area contributed by atoms with Gasteiger partial charge in [-0.25, -0.2) is 18.1 Å². The number of benzene rings is 1. The van der Waals surface area contributed by atoms with Crippen molar-refractivity contribution in [1.29, 1.82) is 0 Å². The van der Waals surface area contributed by atoms with E-state index in [9.17, 15) is 4.57 Å². The first kappa shape index (κ1) is 13.0. The summed E-state index contributed by atoms with van der Waals surface area (Å²) < 4.78 is 26.7. The molecule has 0 aromatic heterocycles. The number of rotatable bonds is 2. The van der Waals surface area contributed by atoms with Gasteiger partial charge >= 0.3 is 13.8 Å². The fourth-order valence-electron chi connectivity index (χ4n) is 2.28. The summed E-state index contributed by atoms with van der Waals surface area (Å²) in [6.45, 7) is 0. The van der Waals surface area contributed by atoms with Crippen LogP contribution in [0.15, 0.2) is 34.5 Å². The van der Waals surface area contributed by atoms with Gasteiger partial charge in [0.1, 0.15) is 5.04 Å². The first-order chi connectivity index (χ1) is 9.35. The largest absolute Gasteiger partial charge is 0.489 e. The van der Waals surface area contributed by atoms with Crippen LogP contribution in [0.1, 0.15) is 5.56 Å². The maximum atomic E-state index is 11.3. The lowest BCUT2D eigenvalue weighted by Gasteiger charge is -2.56. The molecule has 0 radical (unpaired) electrons. The Morgan fingerprint density at radius 1 is 1.15 bits per heavy atom. The minimum absolute atomic E-state index is 0.549. The zero-order valence-electron chi connectivity index (χ0n) is 10.6. The molecule has 6 nitrogen and oxygen atoms in total. The molecule has 4 aliphatic heterocycles. The Morgan fingerprint density at radius 3 is 2.30 bits per heavy atom. The van der Waals surface area contributed by atoms with Gasteiger partial charge in [-0.3, -0.25) is 0 Å². The predicted octanol–water partition coefficient (Wildman–Crippen LogP) is 3.32. The average Bonchev–Trinajstić information content (AvgIpc) is 2.61. The quantitative estimate of drug-likeness (QED) is 0.779. The molecule has 4 heterocycles. The van der Waals surface area contributed by atoms with E-state index in [4.69, 9.17) is 25.2 Å². The highest BCUT2D eigenvalue weighted by Gasteiger charge is 2.79. The summed E-state index contributed by atoms with van der Waals surface area (Å²) in [4.78, 5) is 0. The Labute approximate surface area is 121 Å². The Balaban J connectivity index is 1.66. The smallest absolute Gasteiger partial charge is 0.227 e. The van der Waals surface area contributed by atoms with Gasteiger partial charge in [-0.2, -0.15) is 10.0 Å². The number of nitrogens with zero attached hydrogens (tertiary/aromatic N) is 2. The van der Waals surface area contributed by atoms with Gasteiger partial charge in [0.2, 0.25) is 0 Å². The molecular formula is C11H10ClN2O4PS.